The van der Waals surface area contributed by atoms with Crippen LogP contribution >= 0.6 is 23.4 Å². The lowest BCUT2D eigenvalue weighted by molar-refractivity contribution is 0.0589. The van der Waals surface area contributed by atoms with Crippen LogP contribution in [0.5, 0.6) is 5.75 Å². The highest BCUT2D eigenvalue weighted by Gasteiger charge is 2.28. The Labute approximate surface area is 296 Å². The van der Waals surface area contributed by atoms with E-state index in [9.17, 15) is 15.0 Å². The minimum absolute atomic E-state index is 0.0193. The number of ether oxygens (including phenoxy) is 1. The number of aliphatic hydroxyl groups is 1. The smallest absolute Gasteiger partial charge is 0.354 e. The molecule has 0 unspecified atom stereocenters. The molecule has 3 aromatic heterocycles. The molecule has 0 fully saturated rings. The molecule has 12 heteroatoms. The number of aryl methyl sites for hydroxylation is 5. The van der Waals surface area contributed by atoms with E-state index >= 15 is 0 Å². The van der Waals surface area contributed by atoms with Crippen LogP contribution in [-0.4, -0.2) is 66.0 Å². The molecular formula is C37H45ClN6O4S. The molecule has 0 aliphatic heterocycles. The summed E-state index contributed by atoms with van der Waals surface area (Å²) in [6.45, 7) is 3.21. The van der Waals surface area contributed by atoms with Crippen LogP contribution in [0.3, 0.4) is 0 Å². The van der Waals surface area contributed by atoms with Crippen LogP contribution in [0.4, 0.5) is 0 Å². The molecular weight excluding hydrogens is 660 g/mol. The molecule has 5 aromatic rings. The minimum Gasteiger partial charge on any atom is -0.508 e. The summed E-state index contributed by atoms with van der Waals surface area (Å²) in [4.78, 5) is 16.3. The highest BCUT2D eigenvalue weighted by Crippen LogP contribution is 2.42. The molecule has 49 heavy (non-hydrogen) atoms. The van der Waals surface area contributed by atoms with Gasteiger partial charge in [-0.15, -0.1) is 11.8 Å². The van der Waals surface area contributed by atoms with E-state index in [1.807, 2.05) is 60.2 Å². The summed E-state index contributed by atoms with van der Waals surface area (Å²) in [5.41, 5.74) is 10.2. The Morgan fingerprint density at radius 1 is 1.06 bits per heavy atom. The molecule has 260 valence electrons. The number of phenols is 1. The Morgan fingerprint density at radius 2 is 1.84 bits per heavy atom. The lowest BCUT2D eigenvalue weighted by atomic mass is 9.91. The Balaban J connectivity index is 1.26. The topological polar surface area (TPSA) is 111 Å². The van der Waals surface area contributed by atoms with Gasteiger partial charge in [0.1, 0.15) is 11.4 Å². The van der Waals surface area contributed by atoms with Crippen molar-refractivity contribution in [3.05, 3.63) is 80.5 Å². The van der Waals surface area contributed by atoms with Crippen molar-refractivity contribution in [2.45, 2.75) is 69.2 Å². The van der Waals surface area contributed by atoms with E-state index in [0.29, 0.717) is 42.4 Å². The van der Waals surface area contributed by atoms with Crippen molar-refractivity contribution < 1.29 is 19.7 Å². The number of carbonyl (C=O) groups is 1. The molecule has 0 bridgehead atoms. The van der Waals surface area contributed by atoms with Crippen molar-refractivity contribution >= 4 is 40.2 Å². The zero-order chi connectivity index (χ0) is 35.0. The van der Waals surface area contributed by atoms with Gasteiger partial charge in [-0.05, 0) is 93.5 Å². The maximum absolute atomic E-state index is 13.0. The van der Waals surface area contributed by atoms with Crippen LogP contribution in [0, 0.1) is 6.92 Å². The van der Waals surface area contributed by atoms with Crippen LogP contribution in [0.15, 0.2) is 35.2 Å². The van der Waals surface area contributed by atoms with E-state index < -0.39 is 5.97 Å². The number of halogens is 1. The fourth-order valence-electron chi connectivity index (χ4n) is 7.24. The maximum atomic E-state index is 13.0. The molecule has 10 nitrogen and oxygen atoms in total. The lowest BCUT2D eigenvalue weighted by Crippen LogP contribution is -2.18. The summed E-state index contributed by atoms with van der Waals surface area (Å²) in [5, 5.41) is 31.4. The van der Waals surface area contributed by atoms with Crippen LogP contribution in [0.25, 0.3) is 22.0 Å². The summed E-state index contributed by atoms with van der Waals surface area (Å²) >= 11 is 8.72. The summed E-state index contributed by atoms with van der Waals surface area (Å²) in [6.07, 6.45) is 5.36. The van der Waals surface area contributed by atoms with Gasteiger partial charge in [-0.1, -0.05) is 17.7 Å². The summed E-state index contributed by atoms with van der Waals surface area (Å²) in [6, 6.07) is 10.1. The van der Waals surface area contributed by atoms with Crippen LogP contribution < -0.4 is 0 Å². The zero-order valence-corrected chi connectivity index (χ0v) is 30.7. The van der Waals surface area contributed by atoms with Crippen molar-refractivity contribution in [3.63, 3.8) is 0 Å². The monoisotopic (exact) mass is 704 g/mol. The van der Waals surface area contributed by atoms with Crippen LogP contribution in [0.2, 0.25) is 5.02 Å². The van der Waals surface area contributed by atoms with E-state index in [1.165, 1.54) is 19.1 Å². The fraction of sp³-hybridized carbons (Fsp3) is 0.432. The number of fused-ring (bicyclic) bond motifs is 2. The predicted octanol–water partition coefficient (Wildman–Crippen LogP) is 6.49. The van der Waals surface area contributed by atoms with Gasteiger partial charge in [0.05, 0.1) is 29.0 Å². The second-order valence-electron chi connectivity index (χ2n) is 13.1. The Bertz CT molecular complexity index is 2030. The summed E-state index contributed by atoms with van der Waals surface area (Å²) in [5.74, 6) is 0.750. The molecule has 2 N–H and O–H groups in total. The zero-order valence-electron chi connectivity index (χ0n) is 29.1. The Hall–Kier alpha value is -3.77. The number of carbonyl (C=O) groups excluding carboxylic acids is 1. The van der Waals surface area contributed by atoms with Gasteiger partial charge in [-0.25, -0.2) is 4.79 Å². The number of thioether (sulfide) groups is 1. The standard InChI is InChI=1S/C37H45ClN6O4S/c1-22-33(34-30(38)14-13-29-28(12-9-15-45)36(37(47)48-6)42(3)35(29)34)31(40-43(22)4)20-41(2)19-24-17-25(44(5)39-24)21-49-26-16-23-10-7-8-11-27(23)32(46)18-26/h13-14,16-18,45-46H,7-12,15,19-21H2,1-6H3. The molecule has 3 heterocycles. The van der Waals surface area contributed by atoms with E-state index in [4.69, 9.17) is 26.5 Å². The quantitative estimate of drug-likeness (QED) is 0.112. The first kappa shape index (κ1) is 35.1. The number of aromatic nitrogens is 5. The predicted molar refractivity (Wildman–Crippen MR) is 194 cm³/mol. The van der Waals surface area contributed by atoms with E-state index in [-0.39, 0.29) is 6.61 Å². The second-order valence-corrected chi connectivity index (χ2v) is 14.5. The first-order chi connectivity index (χ1) is 23.5. The molecule has 0 saturated heterocycles. The third kappa shape index (κ3) is 6.86. The number of benzene rings is 2. The van der Waals surface area contributed by atoms with Gasteiger partial charge in [0.15, 0.2) is 0 Å². The number of phenolic OH excluding ortho intramolecular Hbond substituents is 1. The SMILES string of the molecule is COC(=O)c1c(CCCO)c2ccc(Cl)c(-c3c(CN(C)Cc4cc(CSc5cc(O)c6c(c5)CCCC6)n(C)n4)nn(C)c3C)c2n1C. The molecule has 1 aliphatic carbocycles. The molecule has 6 rings (SSSR count). The van der Waals surface area contributed by atoms with Gasteiger partial charge in [0.25, 0.3) is 0 Å². The number of hydrogen-bond donors (Lipinski definition) is 2. The number of aliphatic hydroxyl groups excluding tert-OH is 1. The highest BCUT2D eigenvalue weighted by molar-refractivity contribution is 7.98. The van der Waals surface area contributed by atoms with Crippen molar-refractivity contribution in [1.29, 1.82) is 0 Å². The minimum atomic E-state index is -0.425. The third-order valence-electron chi connectivity index (χ3n) is 9.71. The molecule has 0 saturated carbocycles. The molecule has 0 atom stereocenters. The first-order valence-electron chi connectivity index (χ1n) is 16.7. The van der Waals surface area contributed by atoms with Gasteiger partial charge in [-0.2, -0.15) is 10.2 Å². The average Bonchev–Trinajstić information content (AvgIpc) is 3.67. The molecule has 0 spiro atoms. The third-order valence-corrected chi connectivity index (χ3v) is 11.0. The summed E-state index contributed by atoms with van der Waals surface area (Å²) in [7, 11) is 9.20. The first-order valence-corrected chi connectivity index (χ1v) is 18.1. The number of hydrogen-bond acceptors (Lipinski definition) is 8. The van der Waals surface area contributed by atoms with Crippen LogP contribution in [0.1, 0.15) is 69.2 Å². The number of nitrogens with zero attached hydrogens (tertiary/aromatic N) is 6. The number of aromatic hydroxyl groups is 1. The molecule has 1 aliphatic rings. The highest BCUT2D eigenvalue weighted by atomic mass is 35.5. The van der Waals surface area contributed by atoms with Crippen molar-refractivity contribution in [2.24, 2.45) is 21.1 Å². The average molecular weight is 705 g/mol. The largest absolute Gasteiger partial charge is 0.508 e. The van der Waals surface area contributed by atoms with Crippen LogP contribution in [-0.2, 0) is 64.0 Å². The molecule has 0 radical (unpaired) electrons. The molecule has 2 aromatic carbocycles. The molecule has 0 amide bonds. The van der Waals surface area contributed by atoms with Crippen molar-refractivity contribution in [3.8, 4) is 16.9 Å². The number of methoxy groups -OCH3 is 1. The number of rotatable bonds is 12. The fourth-order valence-corrected chi connectivity index (χ4v) is 8.50. The Morgan fingerprint density at radius 3 is 2.59 bits per heavy atom. The van der Waals surface area contributed by atoms with Gasteiger partial charge >= 0.3 is 5.97 Å². The van der Waals surface area contributed by atoms with Gasteiger partial charge in [0.2, 0.25) is 0 Å². The van der Waals surface area contributed by atoms with E-state index in [2.05, 4.69) is 24.1 Å². The van der Waals surface area contributed by atoms with Crippen molar-refractivity contribution in [1.82, 2.24) is 29.0 Å². The Kier molecular flexibility index (Phi) is 10.5. The summed E-state index contributed by atoms with van der Waals surface area (Å²) < 4.78 is 10.9. The van der Waals surface area contributed by atoms with E-state index in [0.717, 1.165) is 85.8 Å². The lowest BCUT2D eigenvalue weighted by Gasteiger charge is -2.18. The number of esters is 1. The van der Waals surface area contributed by atoms with E-state index in [1.54, 1.807) is 11.8 Å². The second kappa shape index (κ2) is 14.6. The van der Waals surface area contributed by atoms with Gasteiger partial charge in [-0.3, -0.25) is 14.3 Å². The van der Waals surface area contributed by atoms with Gasteiger partial charge < -0.3 is 19.5 Å². The van der Waals surface area contributed by atoms with Gasteiger partial charge in [0, 0.05) is 79.4 Å². The van der Waals surface area contributed by atoms with Crippen molar-refractivity contribution in [2.75, 3.05) is 20.8 Å². The normalized spacial score (nSPS) is 13.1. The maximum Gasteiger partial charge on any atom is 0.354 e.